The summed E-state index contributed by atoms with van der Waals surface area (Å²) in [4.78, 5) is 2.66. The zero-order valence-corrected chi connectivity index (χ0v) is 13.3. The van der Waals surface area contributed by atoms with Crippen molar-refractivity contribution in [3.05, 3.63) is 0 Å². The van der Waals surface area contributed by atoms with Crippen molar-refractivity contribution in [2.75, 3.05) is 19.6 Å². The van der Waals surface area contributed by atoms with Gasteiger partial charge in [-0.15, -0.1) is 0 Å². The van der Waals surface area contributed by atoms with Gasteiger partial charge in [-0.3, -0.25) is 0 Å². The first-order chi connectivity index (χ1) is 9.19. The number of hydrogen-bond donors (Lipinski definition) is 1. The van der Waals surface area contributed by atoms with E-state index in [2.05, 4.69) is 31.0 Å². The molecular weight excluding hydrogens is 232 g/mol. The van der Waals surface area contributed by atoms with E-state index in [9.17, 15) is 0 Å². The summed E-state index contributed by atoms with van der Waals surface area (Å²) in [6.07, 6.45) is 9.68. The molecular formula is C17H34N2. The van der Waals surface area contributed by atoms with Crippen molar-refractivity contribution in [1.82, 2.24) is 10.2 Å². The number of nitrogens with zero attached hydrogens (tertiary/aromatic N) is 1. The minimum absolute atomic E-state index is 0.790. The van der Waals surface area contributed by atoms with Crippen molar-refractivity contribution in [1.29, 1.82) is 0 Å². The van der Waals surface area contributed by atoms with Gasteiger partial charge in [0.25, 0.3) is 0 Å². The minimum atomic E-state index is 0.790. The number of rotatable bonds is 5. The Morgan fingerprint density at radius 1 is 1.05 bits per heavy atom. The summed E-state index contributed by atoms with van der Waals surface area (Å²) in [7, 11) is 0. The first-order valence-electron chi connectivity index (χ1n) is 8.67. The van der Waals surface area contributed by atoms with E-state index in [1.165, 1.54) is 64.6 Å². The van der Waals surface area contributed by atoms with E-state index in [0.29, 0.717) is 0 Å². The van der Waals surface area contributed by atoms with E-state index in [4.69, 9.17) is 0 Å². The van der Waals surface area contributed by atoms with Gasteiger partial charge in [0.05, 0.1) is 0 Å². The molecule has 0 spiro atoms. The molecule has 1 aliphatic carbocycles. The highest BCUT2D eigenvalue weighted by atomic mass is 15.1. The topological polar surface area (TPSA) is 15.3 Å². The second-order valence-corrected chi connectivity index (χ2v) is 7.14. The molecule has 19 heavy (non-hydrogen) atoms. The van der Waals surface area contributed by atoms with E-state index in [1.807, 2.05) is 0 Å². The van der Waals surface area contributed by atoms with E-state index >= 15 is 0 Å². The first-order valence-corrected chi connectivity index (χ1v) is 8.67. The zero-order chi connectivity index (χ0) is 13.7. The normalized spacial score (nSPS) is 34.6. The van der Waals surface area contributed by atoms with Crippen LogP contribution in [0.3, 0.4) is 0 Å². The number of likely N-dealkylation sites (tertiary alicyclic amines) is 1. The summed E-state index contributed by atoms with van der Waals surface area (Å²) < 4.78 is 0. The van der Waals surface area contributed by atoms with Crippen molar-refractivity contribution >= 4 is 0 Å². The number of hydrogen-bond acceptors (Lipinski definition) is 2. The lowest BCUT2D eigenvalue weighted by Crippen LogP contribution is -2.49. The molecule has 2 fully saturated rings. The van der Waals surface area contributed by atoms with Gasteiger partial charge in [-0.1, -0.05) is 27.2 Å². The Balaban J connectivity index is 1.67. The van der Waals surface area contributed by atoms with E-state index in [-0.39, 0.29) is 0 Å². The predicted octanol–water partition coefficient (Wildman–Crippen LogP) is 3.67. The quantitative estimate of drug-likeness (QED) is 0.817. The van der Waals surface area contributed by atoms with Crippen LogP contribution >= 0.6 is 0 Å². The molecule has 1 N–H and O–H groups in total. The Bertz CT molecular complexity index is 246. The molecule has 3 unspecified atom stereocenters. The second-order valence-electron chi connectivity index (χ2n) is 7.14. The molecule has 2 heteroatoms. The predicted molar refractivity (Wildman–Crippen MR) is 83.5 cm³/mol. The number of unbranched alkanes of at least 4 members (excludes halogenated alkanes) is 1. The maximum Gasteiger partial charge on any atom is 0.00955 e. The van der Waals surface area contributed by atoms with Crippen molar-refractivity contribution < 1.29 is 0 Å². The molecule has 2 rings (SSSR count). The maximum atomic E-state index is 3.98. The fourth-order valence-corrected chi connectivity index (χ4v) is 3.92. The van der Waals surface area contributed by atoms with Crippen molar-refractivity contribution in [3.8, 4) is 0 Å². The third-order valence-electron chi connectivity index (χ3n) is 5.30. The Morgan fingerprint density at radius 3 is 2.42 bits per heavy atom. The van der Waals surface area contributed by atoms with E-state index < -0.39 is 0 Å². The van der Waals surface area contributed by atoms with Crippen molar-refractivity contribution in [2.45, 2.75) is 77.8 Å². The van der Waals surface area contributed by atoms with Gasteiger partial charge in [0, 0.05) is 12.1 Å². The van der Waals surface area contributed by atoms with Crippen LogP contribution in [0.25, 0.3) is 0 Å². The molecule has 3 atom stereocenters. The van der Waals surface area contributed by atoms with Crippen LogP contribution in [0.2, 0.25) is 0 Å². The summed E-state index contributed by atoms with van der Waals surface area (Å²) in [5, 5.41) is 3.98. The smallest absolute Gasteiger partial charge is 0.00955 e. The molecule has 0 amide bonds. The maximum absolute atomic E-state index is 3.98. The van der Waals surface area contributed by atoms with Gasteiger partial charge in [-0.25, -0.2) is 0 Å². The van der Waals surface area contributed by atoms with Gasteiger partial charge in [-0.05, 0) is 70.0 Å². The van der Waals surface area contributed by atoms with Gasteiger partial charge >= 0.3 is 0 Å². The fraction of sp³-hybridized carbons (Fsp3) is 1.00. The molecule has 112 valence electrons. The van der Waals surface area contributed by atoms with Gasteiger partial charge in [0.1, 0.15) is 0 Å². The molecule has 1 saturated heterocycles. The van der Waals surface area contributed by atoms with Crippen LogP contribution < -0.4 is 5.32 Å². The van der Waals surface area contributed by atoms with Crippen LogP contribution in [0, 0.1) is 11.8 Å². The highest BCUT2D eigenvalue weighted by Crippen LogP contribution is 2.29. The molecule has 2 aliphatic rings. The van der Waals surface area contributed by atoms with Crippen molar-refractivity contribution in [2.24, 2.45) is 11.8 Å². The lowest BCUT2D eigenvalue weighted by atomic mass is 9.79. The third kappa shape index (κ3) is 4.75. The van der Waals surface area contributed by atoms with Crippen LogP contribution in [0.1, 0.15) is 65.7 Å². The third-order valence-corrected chi connectivity index (χ3v) is 5.30. The molecule has 1 aliphatic heterocycles. The molecule has 0 aromatic heterocycles. The van der Waals surface area contributed by atoms with Crippen LogP contribution in [-0.2, 0) is 0 Å². The largest absolute Gasteiger partial charge is 0.311 e. The Morgan fingerprint density at radius 2 is 1.79 bits per heavy atom. The van der Waals surface area contributed by atoms with Crippen LogP contribution in [0.15, 0.2) is 0 Å². The summed E-state index contributed by atoms with van der Waals surface area (Å²) in [6.45, 7) is 11.1. The first kappa shape index (κ1) is 15.3. The van der Waals surface area contributed by atoms with Gasteiger partial charge in [0.15, 0.2) is 0 Å². The molecule has 0 bridgehead atoms. The van der Waals surface area contributed by atoms with Gasteiger partial charge < -0.3 is 10.2 Å². The van der Waals surface area contributed by atoms with E-state index in [0.717, 1.165) is 23.9 Å². The van der Waals surface area contributed by atoms with Crippen molar-refractivity contribution in [3.63, 3.8) is 0 Å². The average Bonchev–Trinajstić information content (AvgIpc) is 2.41. The molecule has 0 aromatic rings. The summed E-state index contributed by atoms with van der Waals surface area (Å²) in [5.74, 6) is 1.82. The minimum Gasteiger partial charge on any atom is -0.311 e. The molecule has 0 radical (unpaired) electrons. The second kappa shape index (κ2) is 7.64. The zero-order valence-electron chi connectivity index (χ0n) is 13.3. The monoisotopic (exact) mass is 266 g/mol. The summed E-state index contributed by atoms with van der Waals surface area (Å²) in [6, 6.07) is 1.59. The van der Waals surface area contributed by atoms with Crippen LogP contribution in [0.5, 0.6) is 0 Å². The Hall–Kier alpha value is -0.0800. The fourth-order valence-electron chi connectivity index (χ4n) is 3.92. The SMILES string of the molecule is CCCCN1CCC(NC2CCC(C)CC2C)CC1. The van der Waals surface area contributed by atoms with E-state index in [1.54, 1.807) is 0 Å². The van der Waals surface area contributed by atoms with Gasteiger partial charge in [-0.2, -0.15) is 0 Å². The standard InChI is InChI=1S/C17H34N2/c1-4-5-10-19-11-8-16(9-12-19)18-17-7-6-14(2)13-15(17)3/h14-18H,4-13H2,1-3H3. The lowest BCUT2D eigenvalue weighted by Gasteiger charge is -2.39. The van der Waals surface area contributed by atoms with Crippen LogP contribution in [0.4, 0.5) is 0 Å². The molecule has 1 heterocycles. The highest BCUT2D eigenvalue weighted by Gasteiger charge is 2.28. The molecule has 0 aromatic carbocycles. The number of nitrogens with one attached hydrogen (secondary N) is 1. The Labute approximate surface area is 120 Å². The Kier molecular flexibility index (Phi) is 6.15. The summed E-state index contributed by atoms with van der Waals surface area (Å²) in [5.41, 5.74) is 0. The lowest BCUT2D eigenvalue weighted by molar-refractivity contribution is 0.158. The molecule has 2 nitrogen and oxygen atoms in total. The summed E-state index contributed by atoms with van der Waals surface area (Å²) >= 11 is 0. The average molecular weight is 266 g/mol. The highest BCUT2D eigenvalue weighted by molar-refractivity contribution is 4.86. The van der Waals surface area contributed by atoms with Gasteiger partial charge in [0.2, 0.25) is 0 Å². The van der Waals surface area contributed by atoms with Crippen LogP contribution in [-0.4, -0.2) is 36.6 Å². The molecule has 1 saturated carbocycles. The number of piperidine rings is 1.